The molecule has 23 heavy (non-hydrogen) atoms. The summed E-state index contributed by atoms with van der Waals surface area (Å²) in [5, 5.41) is 6.54. The highest BCUT2D eigenvalue weighted by Crippen LogP contribution is 2.14. The Balaban J connectivity index is 0.00000264. The number of ether oxygens (including phenoxy) is 1. The van der Waals surface area contributed by atoms with Gasteiger partial charge in [0.25, 0.3) is 0 Å². The molecule has 1 aliphatic heterocycles. The third kappa shape index (κ3) is 7.71. The van der Waals surface area contributed by atoms with E-state index in [4.69, 9.17) is 4.74 Å². The van der Waals surface area contributed by atoms with Crippen molar-refractivity contribution >= 4 is 41.7 Å². The van der Waals surface area contributed by atoms with E-state index in [9.17, 15) is 4.39 Å². The minimum atomic E-state index is -0.128. The zero-order chi connectivity index (χ0) is 15.6. The average molecular weight is 453 g/mol. The maximum absolute atomic E-state index is 13.5. The van der Waals surface area contributed by atoms with Crippen molar-refractivity contribution in [1.29, 1.82) is 0 Å². The standard InChI is InChI=1S/C16H24FN3OS.HI/c1-18-16(20-11-14-6-4-9-21-14)19-8-10-22-12-13-5-2-3-7-15(13)17;/h2-3,5,7,14H,4,6,8-12H2,1H3,(H2,18,19,20);1H. The molecule has 0 amide bonds. The van der Waals surface area contributed by atoms with Crippen molar-refractivity contribution < 1.29 is 9.13 Å². The Morgan fingerprint density at radius 3 is 2.91 bits per heavy atom. The Labute approximate surface area is 159 Å². The number of nitrogens with zero attached hydrogens (tertiary/aromatic N) is 1. The smallest absolute Gasteiger partial charge is 0.191 e. The highest BCUT2D eigenvalue weighted by Gasteiger charge is 2.15. The largest absolute Gasteiger partial charge is 0.376 e. The second-order valence-corrected chi connectivity index (χ2v) is 6.26. The van der Waals surface area contributed by atoms with Crippen molar-refractivity contribution in [2.75, 3.05) is 32.5 Å². The molecule has 0 radical (unpaired) electrons. The number of benzene rings is 1. The molecule has 0 aromatic heterocycles. The predicted molar refractivity (Wildman–Crippen MR) is 106 cm³/mol. The molecule has 0 bridgehead atoms. The van der Waals surface area contributed by atoms with Gasteiger partial charge in [-0.05, 0) is 24.5 Å². The summed E-state index contributed by atoms with van der Waals surface area (Å²) in [6.45, 7) is 2.46. The summed E-state index contributed by atoms with van der Waals surface area (Å²) in [5.74, 6) is 2.25. The molecule has 2 N–H and O–H groups in total. The predicted octanol–water partition coefficient (Wildman–Crippen LogP) is 3.02. The Kier molecular flexibility index (Phi) is 10.6. The molecular weight excluding hydrogens is 428 g/mol. The van der Waals surface area contributed by atoms with Crippen molar-refractivity contribution in [2.24, 2.45) is 4.99 Å². The quantitative estimate of drug-likeness (QED) is 0.289. The van der Waals surface area contributed by atoms with Crippen LogP contribution in [0, 0.1) is 5.82 Å². The minimum Gasteiger partial charge on any atom is -0.376 e. The molecule has 1 unspecified atom stereocenters. The zero-order valence-corrected chi connectivity index (χ0v) is 16.5. The van der Waals surface area contributed by atoms with Crippen LogP contribution in [0.3, 0.4) is 0 Å². The number of thioether (sulfide) groups is 1. The van der Waals surface area contributed by atoms with E-state index in [0.29, 0.717) is 11.9 Å². The van der Waals surface area contributed by atoms with Crippen molar-refractivity contribution in [3.05, 3.63) is 35.6 Å². The van der Waals surface area contributed by atoms with Crippen LogP contribution in [0.5, 0.6) is 0 Å². The summed E-state index contributed by atoms with van der Waals surface area (Å²) >= 11 is 1.71. The van der Waals surface area contributed by atoms with Gasteiger partial charge in [-0.2, -0.15) is 11.8 Å². The summed E-state index contributed by atoms with van der Waals surface area (Å²) in [4.78, 5) is 4.19. The number of aliphatic imine (C=N–C) groups is 1. The average Bonchev–Trinajstić information content (AvgIpc) is 3.05. The van der Waals surface area contributed by atoms with Crippen LogP contribution in [0.25, 0.3) is 0 Å². The lowest BCUT2D eigenvalue weighted by Gasteiger charge is -2.14. The summed E-state index contributed by atoms with van der Waals surface area (Å²) in [5.41, 5.74) is 0.758. The van der Waals surface area contributed by atoms with Gasteiger partial charge in [0.1, 0.15) is 5.82 Å². The maximum Gasteiger partial charge on any atom is 0.191 e. The Hall–Kier alpha value is -0.540. The molecule has 130 valence electrons. The van der Waals surface area contributed by atoms with Crippen molar-refractivity contribution in [3.63, 3.8) is 0 Å². The highest BCUT2D eigenvalue weighted by atomic mass is 127. The van der Waals surface area contributed by atoms with E-state index in [1.54, 1.807) is 24.9 Å². The first kappa shape index (κ1) is 20.5. The van der Waals surface area contributed by atoms with Gasteiger partial charge in [0.05, 0.1) is 6.10 Å². The summed E-state index contributed by atoms with van der Waals surface area (Å²) in [7, 11) is 1.76. The van der Waals surface area contributed by atoms with Crippen LogP contribution in [-0.4, -0.2) is 44.6 Å². The lowest BCUT2D eigenvalue weighted by atomic mass is 10.2. The fourth-order valence-electron chi connectivity index (χ4n) is 2.28. The number of nitrogens with one attached hydrogen (secondary N) is 2. The van der Waals surface area contributed by atoms with Gasteiger partial charge in [0, 0.05) is 38.2 Å². The monoisotopic (exact) mass is 453 g/mol. The molecular formula is C16H25FIN3OS. The summed E-state index contributed by atoms with van der Waals surface area (Å²) in [6, 6.07) is 6.92. The number of hydrogen-bond acceptors (Lipinski definition) is 3. The molecule has 1 aromatic rings. The van der Waals surface area contributed by atoms with Crippen LogP contribution in [0.1, 0.15) is 18.4 Å². The minimum absolute atomic E-state index is 0. The first-order valence-electron chi connectivity index (χ1n) is 7.67. The van der Waals surface area contributed by atoms with E-state index in [2.05, 4.69) is 15.6 Å². The van der Waals surface area contributed by atoms with Crippen LogP contribution in [0.15, 0.2) is 29.3 Å². The molecule has 1 aromatic carbocycles. The van der Waals surface area contributed by atoms with E-state index in [0.717, 1.165) is 49.8 Å². The second kappa shape index (κ2) is 11.9. The highest BCUT2D eigenvalue weighted by molar-refractivity contribution is 14.0. The van der Waals surface area contributed by atoms with Crippen LogP contribution in [-0.2, 0) is 10.5 Å². The Bertz CT molecular complexity index is 484. The second-order valence-electron chi connectivity index (χ2n) is 5.16. The lowest BCUT2D eigenvalue weighted by Crippen LogP contribution is -2.41. The van der Waals surface area contributed by atoms with Gasteiger partial charge in [0.15, 0.2) is 5.96 Å². The van der Waals surface area contributed by atoms with E-state index in [-0.39, 0.29) is 29.8 Å². The SMILES string of the molecule is CN=C(NCCSCc1ccccc1F)NCC1CCCO1.I. The van der Waals surface area contributed by atoms with E-state index >= 15 is 0 Å². The van der Waals surface area contributed by atoms with Gasteiger partial charge in [-0.15, -0.1) is 24.0 Å². The molecule has 7 heteroatoms. The van der Waals surface area contributed by atoms with Gasteiger partial charge in [0.2, 0.25) is 0 Å². The third-order valence-corrected chi connectivity index (χ3v) is 4.51. The number of rotatable bonds is 7. The van der Waals surface area contributed by atoms with Crippen molar-refractivity contribution in [2.45, 2.75) is 24.7 Å². The van der Waals surface area contributed by atoms with E-state index < -0.39 is 0 Å². The van der Waals surface area contributed by atoms with Gasteiger partial charge in [-0.25, -0.2) is 4.39 Å². The van der Waals surface area contributed by atoms with Crippen LogP contribution in [0.2, 0.25) is 0 Å². The summed E-state index contributed by atoms with van der Waals surface area (Å²) < 4.78 is 19.0. The molecule has 1 atom stereocenters. The molecule has 4 nitrogen and oxygen atoms in total. The first-order valence-corrected chi connectivity index (χ1v) is 8.82. The van der Waals surface area contributed by atoms with Gasteiger partial charge < -0.3 is 15.4 Å². The normalized spacial score (nSPS) is 17.7. The lowest BCUT2D eigenvalue weighted by molar-refractivity contribution is 0.114. The van der Waals surface area contributed by atoms with Crippen LogP contribution >= 0.6 is 35.7 Å². The van der Waals surface area contributed by atoms with Gasteiger partial charge in [-0.1, -0.05) is 18.2 Å². The Morgan fingerprint density at radius 1 is 1.39 bits per heavy atom. The third-order valence-electron chi connectivity index (χ3n) is 3.50. The topological polar surface area (TPSA) is 45.7 Å². The fourth-order valence-corrected chi connectivity index (χ4v) is 3.12. The summed E-state index contributed by atoms with van der Waals surface area (Å²) in [6.07, 6.45) is 2.56. The molecule has 1 fully saturated rings. The van der Waals surface area contributed by atoms with Crippen molar-refractivity contribution in [3.8, 4) is 0 Å². The number of halogens is 2. The molecule has 1 aliphatic rings. The van der Waals surface area contributed by atoms with Crippen LogP contribution < -0.4 is 10.6 Å². The maximum atomic E-state index is 13.5. The van der Waals surface area contributed by atoms with Gasteiger partial charge >= 0.3 is 0 Å². The zero-order valence-electron chi connectivity index (χ0n) is 13.4. The molecule has 0 spiro atoms. The van der Waals surface area contributed by atoms with Gasteiger partial charge in [-0.3, -0.25) is 4.99 Å². The number of hydrogen-bond donors (Lipinski definition) is 2. The van der Waals surface area contributed by atoms with Crippen molar-refractivity contribution in [1.82, 2.24) is 10.6 Å². The molecule has 0 saturated carbocycles. The van der Waals surface area contributed by atoms with E-state index in [1.807, 2.05) is 12.1 Å². The molecule has 2 rings (SSSR count). The fraction of sp³-hybridized carbons (Fsp3) is 0.562. The molecule has 0 aliphatic carbocycles. The van der Waals surface area contributed by atoms with Crippen LogP contribution in [0.4, 0.5) is 4.39 Å². The van der Waals surface area contributed by atoms with E-state index in [1.165, 1.54) is 6.07 Å². The molecule has 1 saturated heterocycles. The Morgan fingerprint density at radius 2 is 2.22 bits per heavy atom. The molecule has 1 heterocycles. The number of guanidine groups is 1. The first-order chi connectivity index (χ1) is 10.8.